The van der Waals surface area contributed by atoms with Gasteiger partial charge in [-0.15, -0.1) is 0 Å². The second kappa shape index (κ2) is 5.54. The number of aromatic nitrogens is 2. The molecule has 104 valence electrons. The highest BCUT2D eigenvalue weighted by Crippen LogP contribution is 2.21. The third-order valence-electron chi connectivity index (χ3n) is 3.21. The second-order valence-electron chi connectivity index (χ2n) is 4.85. The van der Waals surface area contributed by atoms with Gasteiger partial charge in [0.05, 0.1) is 5.69 Å². The Labute approximate surface area is 127 Å². The number of aryl methyl sites for hydroxylation is 1. The van der Waals surface area contributed by atoms with Gasteiger partial charge in [0.2, 0.25) is 0 Å². The molecule has 21 heavy (non-hydrogen) atoms. The van der Waals surface area contributed by atoms with Crippen molar-refractivity contribution in [2.45, 2.75) is 6.92 Å². The van der Waals surface area contributed by atoms with Gasteiger partial charge in [-0.3, -0.25) is 4.79 Å². The van der Waals surface area contributed by atoms with E-state index in [1.165, 1.54) is 6.07 Å². The van der Waals surface area contributed by atoms with E-state index in [-0.39, 0.29) is 5.56 Å². The molecule has 3 nitrogen and oxygen atoms in total. The maximum Gasteiger partial charge on any atom is 0.251 e. The van der Waals surface area contributed by atoms with Gasteiger partial charge >= 0.3 is 0 Å². The van der Waals surface area contributed by atoms with E-state index in [4.69, 9.17) is 11.6 Å². The zero-order valence-electron chi connectivity index (χ0n) is 11.4. The van der Waals surface area contributed by atoms with Crippen LogP contribution in [-0.2, 0) is 0 Å². The Morgan fingerprint density at radius 1 is 0.952 bits per heavy atom. The molecule has 1 heterocycles. The molecule has 0 radical (unpaired) electrons. The van der Waals surface area contributed by atoms with Gasteiger partial charge in [0.15, 0.2) is 0 Å². The summed E-state index contributed by atoms with van der Waals surface area (Å²) in [5, 5.41) is 0.655. The van der Waals surface area contributed by atoms with Crippen LogP contribution in [0, 0.1) is 6.92 Å². The first-order chi connectivity index (χ1) is 10.1. The van der Waals surface area contributed by atoms with E-state index in [0.717, 1.165) is 16.7 Å². The molecular weight excluding hydrogens is 284 g/mol. The van der Waals surface area contributed by atoms with E-state index >= 15 is 0 Å². The van der Waals surface area contributed by atoms with Gasteiger partial charge in [-0.1, -0.05) is 53.6 Å². The lowest BCUT2D eigenvalue weighted by Gasteiger charge is -2.05. The van der Waals surface area contributed by atoms with E-state index in [1.807, 2.05) is 43.3 Å². The van der Waals surface area contributed by atoms with Gasteiger partial charge in [0.1, 0.15) is 5.82 Å². The van der Waals surface area contributed by atoms with Crippen molar-refractivity contribution < 1.29 is 0 Å². The predicted molar refractivity (Wildman–Crippen MR) is 85.5 cm³/mol. The van der Waals surface area contributed by atoms with Crippen molar-refractivity contribution in [3.63, 3.8) is 0 Å². The van der Waals surface area contributed by atoms with Crippen molar-refractivity contribution in [2.75, 3.05) is 0 Å². The topological polar surface area (TPSA) is 45.8 Å². The number of rotatable bonds is 2. The van der Waals surface area contributed by atoms with Gasteiger partial charge in [-0.05, 0) is 19.1 Å². The molecule has 0 atom stereocenters. The lowest BCUT2D eigenvalue weighted by atomic mass is 10.1. The first-order valence-corrected chi connectivity index (χ1v) is 6.94. The molecule has 1 N–H and O–H groups in total. The average molecular weight is 297 g/mol. The SMILES string of the molecule is Cc1ccc(-c2nc(-c3ccc(Cl)cc3)cc(=O)[nH]2)cc1. The highest BCUT2D eigenvalue weighted by molar-refractivity contribution is 6.30. The molecular formula is C17H13ClN2O. The third-order valence-corrected chi connectivity index (χ3v) is 3.46. The Balaban J connectivity index is 2.10. The van der Waals surface area contributed by atoms with Crippen molar-refractivity contribution in [2.24, 2.45) is 0 Å². The predicted octanol–water partition coefficient (Wildman–Crippen LogP) is 4.07. The Bertz CT molecular complexity index is 754. The standard InChI is InChI=1S/C17H13ClN2O/c1-11-2-4-13(5-3-11)17-19-15(10-16(21)20-17)12-6-8-14(18)9-7-12/h2-10H,1H3,(H,19,20,21). The summed E-state index contributed by atoms with van der Waals surface area (Å²) < 4.78 is 0. The van der Waals surface area contributed by atoms with Crippen LogP contribution in [0.1, 0.15) is 5.56 Å². The summed E-state index contributed by atoms with van der Waals surface area (Å²) in [5.41, 5.74) is 3.36. The van der Waals surface area contributed by atoms with Crippen molar-refractivity contribution >= 4 is 11.6 Å². The highest BCUT2D eigenvalue weighted by atomic mass is 35.5. The van der Waals surface area contributed by atoms with Gasteiger partial charge in [0, 0.05) is 22.2 Å². The summed E-state index contributed by atoms with van der Waals surface area (Å²) in [5.74, 6) is 0.562. The van der Waals surface area contributed by atoms with Crippen LogP contribution in [-0.4, -0.2) is 9.97 Å². The Hall–Kier alpha value is -2.39. The van der Waals surface area contributed by atoms with Crippen molar-refractivity contribution in [1.29, 1.82) is 0 Å². The van der Waals surface area contributed by atoms with Crippen LogP contribution in [0.15, 0.2) is 59.4 Å². The molecule has 0 bridgehead atoms. The number of hydrogen-bond acceptors (Lipinski definition) is 2. The number of nitrogens with one attached hydrogen (secondary N) is 1. The largest absolute Gasteiger partial charge is 0.306 e. The summed E-state index contributed by atoms with van der Waals surface area (Å²) in [6, 6.07) is 16.6. The van der Waals surface area contributed by atoms with Crippen molar-refractivity contribution in [3.8, 4) is 22.6 Å². The lowest BCUT2D eigenvalue weighted by molar-refractivity contribution is 1.13. The smallest absolute Gasteiger partial charge is 0.251 e. The highest BCUT2D eigenvalue weighted by Gasteiger charge is 2.06. The van der Waals surface area contributed by atoms with E-state index in [9.17, 15) is 4.79 Å². The van der Waals surface area contributed by atoms with Crippen LogP contribution in [0.5, 0.6) is 0 Å². The quantitative estimate of drug-likeness (QED) is 0.775. The van der Waals surface area contributed by atoms with E-state index < -0.39 is 0 Å². The van der Waals surface area contributed by atoms with Crippen LogP contribution in [0.2, 0.25) is 5.02 Å². The molecule has 0 fully saturated rings. The second-order valence-corrected chi connectivity index (χ2v) is 5.29. The average Bonchev–Trinajstić information content (AvgIpc) is 2.48. The molecule has 0 amide bonds. The maximum absolute atomic E-state index is 11.9. The molecule has 0 aliphatic heterocycles. The first-order valence-electron chi connectivity index (χ1n) is 6.56. The number of halogens is 1. The Morgan fingerprint density at radius 3 is 2.24 bits per heavy atom. The summed E-state index contributed by atoms with van der Waals surface area (Å²) in [4.78, 5) is 19.2. The minimum atomic E-state index is -0.175. The fraction of sp³-hybridized carbons (Fsp3) is 0.0588. The van der Waals surface area contributed by atoms with Crippen LogP contribution >= 0.6 is 11.6 Å². The molecule has 0 spiro atoms. The van der Waals surface area contributed by atoms with Gasteiger partial charge in [-0.2, -0.15) is 0 Å². The zero-order chi connectivity index (χ0) is 14.8. The molecule has 3 aromatic rings. The number of H-pyrrole nitrogens is 1. The van der Waals surface area contributed by atoms with E-state index in [2.05, 4.69) is 9.97 Å². The number of hydrogen-bond donors (Lipinski definition) is 1. The van der Waals surface area contributed by atoms with Gasteiger partial charge < -0.3 is 4.98 Å². The van der Waals surface area contributed by atoms with Crippen LogP contribution in [0.3, 0.4) is 0 Å². The Kier molecular flexibility index (Phi) is 3.59. The molecule has 3 rings (SSSR count). The third kappa shape index (κ3) is 3.03. The van der Waals surface area contributed by atoms with E-state index in [0.29, 0.717) is 16.5 Å². The molecule has 2 aromatic carbocycles. The summed E-state index contributed by atoms with van der Waals surface area (Å²) in [6.07, 6.45) is 0. The normalized spacial score (nSPS) is 10.6. The first kappa shape index (κ1) is 13.6. The van der Waals surface area contributed by atoms with Crippen molar-refractivity contribution in [1.82, 2.24) is 9.97 Å². The van der Waals surface area contributed by atoms with Gasteiger partial charge in [0.25, 0.3) is 5.56 Å². The lowest BCUT2D eigenvalue weighted by Crippen LogP contribution is -2.08. The molecule has 0 unspecified atom stereocenters. The molecule has 1 aromatic heterocycles. The fourth-order valence-electron chi connectivity index (χ4n) is 2.07. The Morgan fingerprint density at radius 2 is 1.57 bits per heavy atom. The van der Waals surface area contributed by atoms with Crippen molar-refractivity contribution in [3.05, 3.63) is 75.5 Å². The minimum Gasteiger partial charge on any atom is -0.306 e. The fourth-order valence-corrected chi connectivity index (χ4v) is 2.20. The summed E-state index contributed by atoms with van der Waals surface area (Å²) in [6.45, 7) is 2.02. The minimum absolute atomic E-state index is 0.175. The van der Waals surface area contributed by atoms with Crippen LogP contribution in [0.25, 0.3) is 22.6 Å². The molecule has 0 aliphatic rings. The van der Waals surface area contributed by atoms with Gasteiger partial charge in [-0.25, -0.2) is 4.98 Å². The van der Waals surface area contributed by atoms with E-state index in [1.54, 1.807) is 12.1 Å². The monoisotopic (exact) mass is 296 g/mol. The molecule has 0 aliphatic carbocycles. The number of nitrogens with zero attached hydrogens (tertiary/aromatic N) is 1. The summed E-state index contributed by atoms with van der Waals surface area (Å²) >= 11 is 5.88. The zero-order valence-corrected chi connectivity index (χ0v) is 12.2. The maximum atomic E-state index is 11.9. The van der Waals surface area contributed by atoms with Crippen LogP contribution < -0.4 is 5.56 Å². The summed E-state index contributed by atoms with van der Waals surface area (Å²) in [7, 11) is 0. The number of benzene rings is 2. The molecule has 0 saturated heterocycles. The molecule has 4 heteroatoms. The van der Waals surface area contributed by atoms with Crippen LogP contribution in [0.4, 0.5) is 0 Å². The number of aromatic amines is 1. The molecule has 0 saturated carbocycles.